The minimum atomic E-state index is -0.138. The van der Waals surface area contributed by atoms with Gasteiger partial charge in [-0.05, 0) is 35.7 Å². The van der Waals surface area contributed by atoms with Gasteiger partial charge >= 0.3 is 0 Å². The zero-order valence-electron chi connectivity index (χ0n) is 19.1. The Morgan fingerprint density at radius 2 is 1.59 bits per heavy atom. The lowest BCUT2D eigenvalue weighted by Gasteiger charge is -2.30. The van der Waals surface area contributed by atoms with Crippen LogP contribution in [-0.4, -0.2) is 31.4 Å². The van der Waals surface area contributed by atoms with Crippen LogP contribution in [-0.2, 0) is 24.9 Å². The van der Waals surface area contributed by atoms with Crippen LogP contribution in [0.1, 0.15) is 47.6 Å². The Labute approximate surface area is 190 Å². The molecule has 0 aliphatic rings. The number of H-pyrrole nitrogens is 1. The number of imidazole rings is 1. The number of hydrogen-bond acceptors (Lipinski definition) is 4. The van der Waals surface area contributed by atoms with E-state index in [1.165, 1.54) is 16.7 Å². The predicted molar refractivity (Wildman–Crippen MR) is 128 cm³/mol. The van der Waals surface area contributed by atoms with Gasteiger partial charge in [0.2, 0.25) is 0 Å². The maximum Gasteiger partial charge on any atom is 0.0921 e. The summed E-state index contributed by atoms with van der Waals surface area (Å²) in [7, 11) is 0. The molecular weight excluding hydrogens is 394 g/mol. The molecule has 0 bridgehead atoms. The summed E-state index contributed by atoms with van der Waals surface area (Å²) >= 11 is 0. The Kier molecular flexibility index (Phi) is 6.76. The van der Waals surface area contributed by atoms with E-state index in [0.717, 1.165) is 43.1 Å². The second-order valence-corrected chi connectivity index (χ2v) is 8.79. The largest absolute Gasteiger partial charge is 0.348 e. The SMILES string of the molecule is Cc1cccnc1CN(CCc1cnc[nH]1)Cc1ncccc1C(C)(C)c1ccccc1. The van der Waals surface area contributed by atoms with Crippen molar-refractivity contribution in [2.45, 2.75) is 45.7 Å². The van der Waals surface area contributed by atoms with Crippen molar-refractivity contribution in [3.8, 4) is 0 Å². The molecule has 4 rings (SSSR count). The molecule has 4 aromatic rings. The van der Waals surface area contributed by atoms with E-state index >= 15 is 0 Å². The number of benzene rings is 1. The number of nitrogens with zero attached hydrogens (tertiary/aromatic N) is 4. The molecular formula is C27H31N5. The first-order chi connectivity index (χ1) is 15.5. The molecule has 3 heterocycles. The minimum Gasteiger partial charge on any atom is -0.348 e. The van der Waals surface area contributed by atoms with Gasteiger partial charge in [-0.2, -0.15) is 0 Å². The topological polar surface area (TPSA) is 57.7 Å². The first kappa shape index (κ1) is 21.9. The van der Waals surface area contributed by atoms with Crippen molar-refractivity contribution in [3.63, 3.8) is 0 Å². The number of aromatic amines is 1. The zero-order chi connectivity index (χ0) is 22.4. The smallest absolute Gasteiger partial charge is 0.0921 e. The van der Waals surface area contributed by atoms with E-state index < -0.39 is 0 Å². The van der Waals surface area contributed by atoms with Crippen molar-refractivity contribution in [3.05, 3.63) is 113 Å². The molecule has 3 aromatic heterocycles. The van der Waals surface area contributed by atoms with E-state index in [2.05, 4.69) is 83.1 Å². The number of rotatable bonds is 9. The second-order valence-electron chi connectivity index (χ2n) is 8.79. The molecule has 32 heavy (non-hydrogen) atoms. The number of nitrogens with one attached hydrogen (secondary N) is 1. The predicted octanol–water partition coefficient (Wildman–Crippen LogP) is 5.08. The lowest BCUT2D eigenvalue weighted by atomic mass is 9.77. The van der Waals surface area contributed by atoms with Gasteiger partial charge in [-0.15, -0.1) is 0 Å². The third-order valence-corrected chi connectivity index (χ3v) is 6.18. The maximum absolute atomic E-state index is 4.84. The molecule has 0 radical (unpaired) electrons. The van der Waals surface area contributed by atoms with Gasteiger partial charge in [-0.25, -0.2) is 4.98 Å². The fraction of sp³-hybridized carbons (Fsp3) is 0.296. The van der Waals surface area contributed by atoms with Crippen molar-refractivity contribution >= 4 is 0 Å². The highest BCUT2D eigenvalue weighted by atomic mass is 15.1. The first-order valence-corrected chi connectivity index (χ1v) is 11.1. The lowest BCUT2D eigenvalue weighted by molar-refractivity contribution is 0.251. The molecule has 0 saturated heterocycles. The van der Waals surface area contributed by atoms with E-state index in [0.29, 0.717) is 0 Å². The monoisotopic (exact) mass is 425 g/mol. The average Bonchev–Trinajstić information content (AvgIpc) is 3.33. The maximum atomic E-state index is 4.84. The van der Waals surface area contributed by atoms with Gasteiger partial charge < -0.3 is 4.98 Å². The summed E-state index contributed by atoms with van der Waals surface area (Å²) in [6.45, 7) is 9.11. The van der Waals surface area contributed by atoms with Crippen LogP contribution in [0.3, 0.4) is 0 Å². The van der Waals surface area contributed by atoms with Crippen LogP contribution in [0.15, 0.2) is 79.5 Å². The third-order valence-electron chi connectivity index (χ3n) is 6.18. The molecule has 0 spiro atoms. The van der Waals surface area contributed by atoms with Crippen LogP contribution in [0.25, 0.3) is 0 Å². The van der Waals surface area contributed by atoms with Crippen LogP contribution in [0.4, 0.5) is 0 Å². The number of aryl methyl sites for hydroxylation is 1. The van der Waals surface area contributed by atoms with Crippen LogP contribution >= 0.6 is 0 Å². The summed E-state index contributed by atoms with van der Waals surface area (Å²) in [6.07, 6.45) is 8.31. The Balaban J connectivity index is 1.62. The number of pyridine rings is 2. The fourth-order valence-corrected chi connectivity index (χ4v) is 4.16. The highest BCUT2D eigenvalue weighted by Crippen LogP contribution is 2.33. The summed E-state index contributed by atoms with van der Waals surface area (Å²) in [5.74, 6) is 0. The average molecular weight is 426 g/mol. The summed E-state index contributed by atoms with van der Waals surface area (Å²) in [5.41, 5.74) is 6.98. The van der Waals surface area contributed by atoms with Gasteiger partial charge in [-0.3, -0.25) is 14.9 Å². The van der Waals surface area contributed by atoms with Crippen LogP contribution in [0, 0.1) is 6.92 Å². The summed E-state index contributed by atoms with van der Waals surface area (Å²) in [4.78, 5) is 19.3. The molecule has 5 heteroatoms. The van der Waals surface area contributed by atoms with Crippen LogP contribution in [0.5, 0.6) is 0 Å². The van der Waals surface area contributed by atoms with E-state index in [1.54, 1.807) is 6.33 Å². The van der Waals surface area contributed by atoms with Crippen LogP contribution < -0.4 is 0 Å². The fourth-order valence-electron chi connectivity index (χ4n) is 4.16. The highest BCUT2D eigenvalue weighted by molar-refractivity contribution is 5.39. The molecule has 0 fully saturated rings. The van der Waals surface area contributed by atoms with Crippen molar-refractivity contribution in [2.24, 2.45) is 0 Å². The molecule has 1 aromatic carbocycles. The van der Waals surface area contributed by atoms with Gasteiger partial charge in [0.25, 0.3) is 0 Å². The van der Waals surface area contributed by atoms with Crippen molar-refractivity contribution in [1.82, 2.24) is 24.8 Å². The molecule has 0 aliphatic carbocycles. The summed E-state index contributed by atoms with van der Waals surface area (Å²) in [6, 6.07) is 19.1. The van der Waals surface area contributed by atoms with Gasteiger partial charge in [0.1, 0.15) is 0 Å². The van der Waals surface area contributed by atoms with E-state index in [-0.39, 0.29) is 5.41 Å². The van der Waals surface area contributed by atoms with Gasteiger partial charge in [-0.1, -0.05) is 56.3 Å². The van der Waals surface area contributed by atoms with Gasteiger partial charge in [0.05, 0.1) is 17.7 Å². The van der Waals surface area contributed by atoms with Gasteiger partial charge in [0, 0.05) is 55.8 Å². The van der Waals surface area contributed by atoms with Crippen molar-refractivity contribution < 1.29 is 0 Å². The summed E-state index contributed by atoms with van der Waals surface area (Å²) in [5, 5.41) is 0. The zero-order valence-corrected chi connectivity index (χ0v) is 19.1. The van der Waals surface area contributed by atoms with Gasteiger partial charge in [0.15, 0.2) is 0 Å². The Bertz CT molecular complexity index is 1120. The van der Waals surface area contributed by atoms with E-state index in [1.807, 2.05) is 30.7 Å². The lowest BCUT2D eigenvalue weighted by Crippen LogP contribution is -2.29. The number of aromatic nitrogens is 4. The Morgan fingerprint density at radius 3 is 2.31 bits per heavy atom. The molecule has 0 unspecified atom stereocenters. The van der Waals surface area contributed by atoms with E-state index in [9.17, 15) is 0 Å². The van der Waals surface area contributed by atoms with Crippen LogP contribution in [0.2, 0.25) is 0 Å². The normalized spacial score (nSPS) is 11.8. The minimum absolute atomic E-state index is 0.138. The Morgan fingerprint density at radius 1 is 0.875 bits per heavy atom. The van der Waals surface area contributed by atoms with Crippen molar-refractivity contribution in [1.29, 1.82) is 0 Å². The molecule has 5 nitrogen and oxygen atoms in total. The highest BCUT2D eigenvalue weighted by Gasteiger charge is 2.27. The third kappa shape index (κ3) is 5.11. The quantitative estimate of drug-likeness (QED) is 0.406. The second kappa shape index (κ2) is 9.88. The molecule has 164 valence electrons. The molecule has 1 N–H and O–H groups in total. The molecule has 0 saturated carbocycles. The molecule has 0 aliphatic heterocycles. The Hall–Kier alpha value is -3.31. The van der Waals surface area contributed by atoms with Crippen molar-refractivity contribution in [2.75, 3.05) is 6.54 Å². The summed E-state index contributed by atoms with van der Waals surface area (Å²) < 4.78 is 0. The molecule has 0 amide bonds. The standard InChI is InChI=1S/C27H31N5/c1-21-9-7-14-29-25(21)18-32(16-13-23-17-28-20-31-23)19-26-24(12-8-15-30-26)27(2,3)22-10-5-4-6-11-22/h4-12,14-15,17,20H,13,16,18-19H2,1-3H3,(H,28,31). The number of hydrogen-bond donors (Lipinski definition) is 1. The van der Waals surface area contributed by atoms with E-state index in [4.69, 9.17) is 4.98 Å². The molecule has 0 atom stereocenters. The first-order valence-electron chi connectivity index (χ1n) is 11.1.